The summed E-state index contributed by atoms with van der Waals surface area (Å²) in [6, 6.07) is 24.5. The van der Waals surface area contributed by atoms with E-state index in [0.717, 1.165) is 38.0 Å². The molecule has 0 atom stereocenters. The Hall–Kier alpha value is -3.88. The van der Waals surface area contributed by atoms with Gasteiger partial charge in [0.2, 0.25) is 0 Å². The first-order valence-electron chi connectivity index (χ1n) is 13.8. The Kier molecular flexibility index (Phi) is 7.45. The van der Waals surface area contributed by atoms with Crippen LogP contribution in [0, 0.1) is 0 Å². The zero-order chi connectivity index (χ0) is 27.5. The molecule has 2 aliphatic heterocycles. The predicted molar refractivity (Wildman–Crippen MR) is 154 cm³/mol. The minimum absolute atomic E-state index is 0.0386. The van der Waals surface area contributed by atoms with Gasteiger partial charge in [0.25, 0.3) is 0 Å². The summed E-state index contributed by atoms with van der Waals surface area (Å²) in [5.74, 6) is -0.199. The number of allylic oxidation sites excluding steroid dienone is 1. The summed E-state index contributed by atoms with van der Waals surface area (Å²) in [6.07, 6.45) is 7.05. The van der Waals surface area contributed by atoms with Crippen LogP contribution in [0.15, 0.2) is 78.9 Å². The van der Waals surface area contributed by atoms with Gasteiger partial charge in [-0.05, 0) is 67.4 Å². The minimum Gasteiger partial charge on any atom is -0.494 e. The zero-order valence-corrected chi connectivity index (χ0v) is 22.8. The van der Waals surface area contributed by atoms with Gasteiger partial charge in [0.15, 0.2) is 0 Å². The van der Waals surface area contributed by atoms with Crippen LogP contribution >= 0.6 is 0 Å². The van der Waals surface area contributed by atoms with Crippen LogP contribution < -0.4 is 10.2 Å². The van der Waals surface area contributed by atoms with Gasteiger partial charge in [0.1, 0.15) is 12.4 Å². The van der Waals surface area contributed by atoms with E-state index in [2.05, 4.69) is 65.6 Å². The number of piperidine rings is 1. The Morgan fingerprint density at radius 1 is 0.850 bits per heavy atom. The fraction of sp³-hybridized carbons (Fsp3) is 0.312. The largest absolute Gasteiger partial charge is 0.636 e. The van der Waals surface area contributed by atoms with Crippen LogP contribution in [-0.4, -0.2) is 62.1 Å². The van der Waals surface area contributed by atoms with Crippen LogP contribution in [-0.2, 0) is 37.5 Å². The van der Waals surface area contributed by atoms with E-state index in [1.165, 1.54) is 16.7 Å². The molecule has 40 heavy (non-hydrogen) atoms. The van der Waals surface area contributed by atoms with Gasteiger partial charge in [-0.1, -0.05) is 72.8 Å². The van der Waals surface area contributed by atoms with E-state index >= 15 is 0 Å². The van der Waals surface area contributed by atoms with E-state index < -0.39 is 19.1 Å². The van der Waals surface area contributed by atoms with Gasteiger partial charge in [-0.2, -0.15) is 0 Å². The first kappa shape index (κ1) is 26.4. The van der Waals surface area contributed by atoms with Crippen molar-refractivity contribution in [1.82, 2.24) is 9.80 Å². The number of benzene rings is 3. The number of carbonyl (C=O) groups is 2. The number of carbonyl (C=O) groups excluding carboxylic acids is 2. The van der Waals surface area contributed by atoms with Crippen molar-refractivity contribution in [3.05, 3.63) is 101 Å². The van der Waals surface area contributed by atoms with Gasteiger partial charge in [0, 0.05) is 17.4 Å². The Morgan fingerprint density at radius 3 is 2.20 bits per heavy atom. The lowest BCUT2D eigenvalue weighted by molar-refractivity contribution is -0.145. The maximum atomic E-state index is 12.0. The number of hydrogen-bond donors (Lipinski definition) is 0. The first-order chi connectivity index (χ1) is 19.5. The number of hydrogen-bond acceptors (Lipinski definition) is 7. The third-order valence-corrected chi connectivity index (χ3v) is 8.09. The maximum absolute atomic E-state index is 12.0. The summed E-state index contributed by atoms with van der Waals surface area (Å²) in [4.78, 5) is 28.1. The predicted octanol–water partition coefficient (Wildman–Crippen LogP) is 3.55. The van der Waals surface area contributed by atoms with Gasteiger partial charge < -0.3 is 14.0 Å². The second kappa shape index (κ2) is 11.3. The third-order valence-electron chi connectivity index (χ3n) is 8.09. The van der Waals surface area contributed by atoms with Crippen molar-refractivity contribution >= 4 is 30.6 Å². The van der Waals surface area contributed by atoms with Gasteiger partial charge in [-0.3, -0.25) is 19.4 Å². The van der Waals surface area contributed by atoms with Gasteiger partial charge in [-0.25, -0.2) is 0 Å². The highest BCUT2D eigenvalue weighted by Crippen LogP contribution is 2.43. The Bertz CT molecular complexity index is 1380. The molecule has 204 valence electrons. The number of nitrogens with zero attached hydrogens (tertiary/aromatic N) is 2. The van der Waals surface area contributed by atoms with Crippen LogP contribution in [0.4, 0.5) is 0 Å². The molecular formula is C32H33BN2O5. The molecule has 6 rings (SSSR count). The van der Waals surface area contributed by atoms with Gasteiger partial charge in [0.05, 0.1) is 13.1 Å². The molecule has 7 nitrogen and oxygen atoms in total. The van der Waals surface area contributed by atoms with Crippen molar-refractivity contribution in [2.45, 2.75) is 31.4 Å². The number of ether oxygens (including phenoxy) is 1. The Morgan fingerprint density at radius 2 is 1.50 bits per heavy atom. The van der Waals surface area contributed by atoms with Crippen LogP contribution in [0.2, 0.25) is 0 Å². The summed E-state index contributed by atoms with van der Waals surface area (Å²) < 4.78 is 16.6. The Labute approximate surface area is 235 Å². The van der Waals surface area contributed by atoms with Crippen molar-refractivity contribution < 1.29 is 23.6 Å². The highest BCUT2D eigenvalue weighted by molar-refractivity contribution is 6.64. The normalized spacial score (nSPS) is 19.1. The smallest absolute Gasteiger partial charge is 0.494 e. The molecule has 1 spiro atoms. The summed E-state index contributed by atoms with van der Waals surface area (Å²) in [7, 11) is 0.616. The minimum atomic E-state index is -1.05. The number of rotatable bonds is 6. The quantitative estimate of drug-likeness (QED) is 0.447. The standard InChI is InChI=1S/C32H33BN2O5/c1-34-21-30(36)39-33(40-31(37)22-34)27-10-12-28(13-11-27)38-23-25-8-6-24(7-9-25)20-35-18-16-32(17-19-35)15-14-26-4-2-3-5-29(26)32/h2-15H,16-23H2,1H3. The lowest BCUT2D eigenvalue weighted by Gasteiger charge is -2.39. The molecule has 8 heteroatoms. The van der Waals surface area contributed by atoms with Gasteiger partial charge in [-0.15, -0.1) is 0 Å². The fourth-order valence-electron chi connectivity index (χ4n) is 5.84. The topological polar surface area (TPSA) is 68.3 Å². The van der Waals surface area contributed by atoms with Crippen molar-refractivity contribution in [2.75, 3.05) is 33.2 Å². The fourth-order valence-corrected chi connectivity index (χ4v) is 5.84. The van der Waals surface area contributed by atoms with E-state index in [-0.39, 0.29) is 18.5 Å². The van der Waals surface area contributed by atoms with Crippen molar-refractivity contribution in [2.24, 2.45) is 0 Å². The number of likely N-dealkylation sites (tertiary alicyclic amines) is 1. The molecule has 3 aromatic rings. The van der Waals surface area contributed by atoms with E-state index in [1.807, 2.05) is 0 Å². The average Bonchev–Trinajstić information content (AvgIpc) is 3.31. The molecule has 3 aliphatic rings. The van der Waals surface area contributed by atoms with Crippen molar-refractivity contribution in [3.63, 3.8) is 0 Å². The molecule has 2 saturated heterocycles. The molecule has 0 amide bonds. The zero-order valence-electron chi connectivity index (χ0n) is 22.8. The molecule has 3 aromatic carbocycles. The molecule has 2 fully saturated rings. The second-order valence-corrected chi connectivity index (χ2v) is 11.0. The molecule has 2 heterocycles. The van der Waals surface area contributed by atoms with Crippen molar-refractivity contribution in [1.29, 1.82) is 0 Å². The SMILES string of the molecule is CN1CC(=O)OB(c2ccc(OCc3ccc(CN4CCC5(C=Cc6ccccc65)CC4)cc3)cc2)OC(=O)C1. The molecule has 0 aromatic heterocycles. The summed E-state index contributed by atoms with van der Waals surface area (Å²) in [5.41, 5.74) is 6.07. The van der Waals surface area contributed by atoms with Gasteiger partial charge >= 0.3 is 19.1 Å². The molecule has 0 unspecified atom stereocenters. The lowest BCUT2D eigenvalue weighted by Crippen LogP contribution is -2.47. The van der Waals surface area contributed by atoms with Crippen LogP contribution in [0.3, 0.4) is 0 Å². The summed E-state index contributed by atoms with van der Waals surface area (Å²) in [5, 5.41) is 0. The second-order valence-electron chi connectivity index (χ2n) is 11.0. The molecule has 0 saturated carbocycles. The van der Waals surface area contributed by atoms with E-state index in [9.17, 15) is 9.59 Å². The van der Waals surface area contributed by atoms with Crippen LogP contribution in [0.25, 0.3) is 6.08 Å². The number of likely N-dealkylation sites (N-methyl/N-ethyl adjacent to an activating group) is 1. The third kappa shape index (κ3) is 5.83. The van der Waals surface area contributed by atoms with E-state index in [4.69, 9.17) is 14.0 Å². The highest BCUT2D eigenvalue weighted by Gasteiger charge is 2.37. The van der Waals surface area contributed by atoms with Crippen LogP contribution in [0.1, 0.15) is 35.1 Å². The molecule has 0 N–H and O–H groups in total. The monoisotopic (exact) mass is 536 g/mol. The van der Waals surface area contributed by atoms with E-state index in [0.29, 0.717) is 17.8 Å². The molecule has 0 radical (unpaired) electrons. The van der Waals surface area contributed by atoms with Crippen LogP contribution in [0.5, 0.6) is 5.75 Å². The molecular weight excluding hydrogens is 503 g/mol. The van der Waals surface area contributed by atoms with Crippen molar-refractivity contribution in [3.8, 4) is 5.75 Å². The molecule has 0 bridgehead atoms. The summed E-state index contributed by atoms with van der Waals surface area (Å²) >= 11 is 0. The first-order valence-corrected chi connectivity index (χ1v) is 13.8. The maximum Gasteiger partial charge on any atom is 0.636 e. The summed E-state index contributed by atoms with van der Waals surface area (Å²) in [6.45, 7) is 3.66. The highest BCUT2D eigenvalue weighted by atomic mass is 16.6. The van der Waals surface area contributed by atoms with E-state index in [1.54, 1.807) is 36.2 Å². The number of fused-ring (bicyclic) bond motifs is 2. The molecule has 1 aliphatic carbocycles. The average molecular weight is 536 g/mol. The lowest BCUT2D eigenvalue weighted by atomic mass is 9.74. The Balaban J connectivity index is 0.987.